The quantitative estimate of drug-likeness (QED) is 0.617. The zero-order chi connectivity index (χ0) is 19.8. The molecule has 0 aliphatic carbocycles. The van der Waals surface area contributed by atoms with E-state index in [1.165, 1.54) is 11.1 Å². The van der Waals surface area contributed by atoms with Crippen molar-refractivity contribution in [3.63, 3.8) is 0 Å². The third-order valence-corrected chi connectivity index (χ3v) is 4.76. The number of nitrogens with two attached hydrogens (primary N) is 1. The first kappa shape index (κ1) is 21.0. The topological polar surface area (TPSA) is 46.3 Å². The molecule has 0 aromatic heterocycles. The summed E-state index contributed by atoms with van der Waals surface area (Å²) in [6.45, 7) is 7.75. The number of aryl methyl sites for hydroxylation is 2. The van der Waals surface area contributed by atoms with Crippen molar-refractivity contribution in [2.75, 3.05) is 18.0 Å². The fraction of sp³-hybridized carbons (Fsp3) is 0.348. The average Bonchev–Trinajstić information content (AvgIpc) is 2.64. The molecule has 0 atom stereocenters. The van der Waals surface area contributed by atoms with Crippen LogP contribution in [0.5, 0.6) is 0 Å². The van der Waals surface area contributed by atoms with Gasteiger partial charge in [0, 0.05) is 29.4 Å². The first-order chi connectivity index (χ1) is 12.8. The molecule has 0 heterocycles. The van der Waals surface area contributed by atoms with Gasteiger partial charge in [-0.3, -0.25) is 4.79 Å². The van der Waals surface area contributed by atoms with E-state index in [0.29, 0.717) is 18.0 Å². The smallest absolute Gasteiger partial charge is 0.244 e. The van der Waals surface area contributed by atoms with E-state index in [-0.39, 0.29) is 5.91 Å². The second-order valence-corrected chi connectivity index (χ2v) is 7.78. The fourth-order valence-electron chi connectivity index (χ4n) is 2.89. The molecule has 0 fully saturated rings. The lowest BCUT2D eigenvalue weighted by molar-refractivity contribution is -0.114. The van der Waals surface area contributed by atoms with Gasteiger partial charge in [0.1, 0.15) is 0 Å². The van der Waals surface area contributed by atoms with Crippen LogP contribution < -0.4 is 10.6 Å². The Kier molecular flexibility index (Phi) is 7.93. The van der Waals surface area contributed by atoms with Crippen molar-refractivity contribution in [2.45, 2.75) is 33.6 Å². The summed E-state index contributed by atoms with van der Waals surface area (Å²) < 4.78 is 0. The van der Waals surface area contributed by atoms with Gasteiger partial charge in [-0.05, 0) is 61.1 Å². The van der Waals surface area contributed by atoms with E-state index in [1.807, 2.05) is 18.2 Å². The minimum absolute atomic E-state index is 0.364. The minimum Gasteiger partial charge on any atom is -0.368 e. The molecule has 1 amide bonds. The molecule has 4 heteroatoms. The van der Waals surface area contributed by atoms with Crippen LogP contribution in [-0.4, -0.2) is 19.0 Å². The van der Waals surface area contributed by atoms with Crippen LogP contribution in [0.3, 0.4) is 0 Å². The van der Waals surface area contributed by atoms with Crippen LogP contribution in [0, 0.1) is 5.92 Å². The number of rotatable bonds is 9. The monoisotopic (exact) mass is 384 g/mol. The average molecular weight is 385 g/mol. The summed E-state index contributed by atoms with van der Waals surface area (Å²) in [6.07, 6.45) is 3.89. The zero-order valence-corrected chi connectivity index (χ0v) is 17.2. The Bertz CT molecular complexity index is 764. The van der Waals surface area contributed by atoms with E-state index < -0.39 is 0 Å². The van der Waals surface area contributed by atoms with Gasteiger partial charge in [-0.25, -0.2) is 0 Å². The number of carbonyl (C=O) groups is 1. The lowest BCUT2D eigenvalue weighted by Gasteiger charge is -2.26. The van der Waals surface area contributed by atoms with Crippen molar-refractivity contribution in [3.8, 4) is 0 Å². The van der Waals surface area contributed by atoms with E-state index in [4.69, 9.17) is 17.3 Å². The van der Waals surface area contributed by atoms with Gasteiger partial charge >= 0.3 is 0 Å². The molecular weight excluding hydrogens is 356 g/mol. The van der Waals surface area contributed by atoms with Crippen LogP contribution in [0.25, 0.3) is 0 Å². The Morgan fingerprint density at radius 1 is 1.04 bits per heavy atom. The number of carbonyl (C=O) groups excluding carboxylic acids is 1. The summed E-state index contributed by atoms with van der Waals surface area (Å²) in [5.74, 6) is 0.161. The molecule has 2 aromatic rings. The molecule has 2 rings (SSSR count). The summed E-state index contributed by atoms with van der Waals surface area (Å²) in [5, 5.41) is 0.772. The Hall–Kier alpha value is -2.26. The maximum absolute atomic E-state index is 11.3. The summed E-state index contributed by atoms with van der Waals surface area (Å²) in [4.78, 5) is 13.5. The number of hydrogen-bond acceptors (Lipinski definition) is 2. The standard InChI is InChI=1S/C23H29ClN2O/c1-17(2)16-26(15-14-18(3)23(25)27)22-12-8-20(9-13-22)5-4-19-6-10-21(24)11-7-19/h6-14,17H,4-5,15-16H2,1-3H3,(H2,25,27). The maximum atomic E-state index is 11.3. The molecular formula is C23H29ClN2O. The van der Waals surface area contributed by atoms with E-state index in [1.54, 1.807) is 6.92 Å². The van der Waals surface area contributed by atoms with Crippen LogP contribution in [0.15, 0.2) is 60.2 Å². The van der Waals surface area contributed by atoms with E-state index >= 15 is 0 Å². The van der Waals surface area contributed by atoms with Gasteiger partial charge in [-0.2, -0.15) is 0 Å². The third kappa shape index (κ3) is 7.10. The molecule has 0 saturated carbocycles. The van der Waals surface area contributed by atoms with Gasteiger partial charge < -0.3 is 10.6 Å². The second-order valence-electron chi connectivity index (χ2n) is 7.34. The molecule has 0 aliphatic rings. The van der Waals surface area contributed by atoms with Crippen LogP contribution in [0.4, 0.5) is 5.69 Å². The number of hydrogen-bond donors (Lipinski definition) is 1. The summed E-state index contributed by atoms with van der Waals surface area (Å²) in [7, 11) is 0. The Morgan fingerprint density at radius 3 is 2.04 bits per heavy atom. The maximum Gasteiger partial charge on any atom is 0.244 e. The van der Waals surface area contributed by atoms with Crippen molar-refractivity contribution in [1.29, 1.82) is 0 Å². The molecule has 144 valence electrons. The number of amides is 1. The molecule has 0 saturated heterocycles. The summed E-state index contributed by atoms with van der Waals surface area (Å²) >= 11 is 5.94. The Balaban J connectivity index is 2.03. The van der Waals surface area contributed by atoms with Gasteiger partial charge in [0.2, 0.25) is 5.91 Å². The van der Waals surface area contributed by atoms with Crippen molar-refractivity contribution >= 4 is 23.2 Å². The summed E-state index contributed by atoms with van der Waals surface area (Å²) in [6, 6.07) is 16.7. The highest BCUT2D eigenvalue weighted by atomic mass is 35.5. The fourth-order valence-corrected chi connectivity index (χ4v) is 3.01. The number of anilines is 1. The largest absolute Gasteiger partial charge is 0.368 e. The third-order valence-electron chi connectivity index (χ3n) is 4.51. The van der Waals surface area contributed by atoms with Crippen molar-refractivity contribution in [2.24, 2.45) is 11.7 Å². The predicted octanol–water partition coefficient (Wildman–Crippen LogP) is 5.02. The number of benzene rings is 2. The molecule has 0 radical (unpaired) electrons. The lowest BCUT2D eigenvalue weighted by atomic mass is 10.0. The van der Waals surface area contributed by atoms with Crippen molar-refractivity contribution in [1.82, 2.24) is 0 Å². The van der Waals surface area contributed by atoms with Crippen LogP contribution in [0.1, 0.15) is 31.9 Å². The van der Waals surface area contributed by atoms with E-state index in [2.05, 4.69) is 55.1 Å². The highest BCUT2D eigenvalue weighted by Gasteiger charge is 2.09. The van der Waals surface area contributed by atoms with Crippen molar-refractivity contribution < 1.29 is 4.79 Å². The Morgan fingerprint density at radius 2 is 1.56 bits per heavy atom. The lowest BCUT2D eigenvalue weighted by Crippen LogP contribution is -2.28. The molecule has 2 N–H and O–H groups in total. The van der Waals surface area contributed by atoms with Crippen LogP contribution in [0.2, 0.25) is 5.02 Å². The number of nitrogens with zero attached hydrogens (tertiary/aromatic N) is 1. The molecule has 2 aromatic carbocycles. The molecule has 3 nitrogen and oxygen atoms in total. The highest BCUT2D eigenvalue weighted by molar-refractivity contribution is 6.30. The van der Waals surface area contributed by atoms with Gasteiger partial charge in [0.25, 0.3) is 0 Å². The zero-order valence-electron chi connectivity index (χ0n) is 16.4. The first-order valence-electron chi connectivity index (χ1n) is 9.40. The van der Waals surface area contributed by atoms with E-state index in [0.717, 1.165) is 30.1 Å². The second kappa shape index (κ2) is 10.2. The van der Waals surface area contributed by atoms with E-state index in [9.17, 15) is 4.79 Å². The highest BCUT2D eigenvalue weighted by Crippen LogP contribution is 2.19. The normalized spacial score (nSPS) is 11.7. The molecule has 0 bridgehead atoms. The van der Waals surface area contributed by atoms with Gasteiger partial charge in [0.15, 0.2) is 0 Å². The van der Waals surface area contributed by atoms with Crippen LogP contribution in [-0.2, 0) is 17.6 Å². The van der Waals surface area contributed by atoms with Gasteiger partial charge in [0.05, 0.1) is 0 Å². The van der Waals surface area contributed by atoms with Crippen molar-refractivity contribution in [3.05, 3.63) is 76.3 Å². The molecule has 0 aliphatic heterocycles. The Labute approximate surface area is 167 Å². The van der Waals surface area contributed by atoms with Gasteiger partial charge in [-0.15, -0.1) is 0 Å². The van der Waals surface area contributed by atoms with Gasteiger partial charge in [-0.1, -0.05) is 55.8 Å². The predicted molar refractivity (Wildman–Crippen MR) is 115 cm³/mol. The first-order valence-corrected chi connectivity index (χ1v) is 9.78. The SMILES string of the molecule is CC(=CCN(CC(C)C)c1ccc(CCc2ccc(Cl)cc2)cc1)C(N)=O. The summed E-state index contributed by atoms with van der Waals surface area (Å²) in [5.41, 5.74) is 9.69. The molecule has 0 spiro atoms. The minimum atomic E-state index is -0.364. The number of halogens is 1. The molecule has 0 unspecified atom stereocenters. The molecule has 27 heavy (non-hydrogen) atoms. The van der Waals surface area contributed by atoms with Crippen LogP contribution >= 0.6 is 11.6 Å². The number of primary amides is 1.